The van der Waals surface area contributed by atoms with Crippen molar-refractivity contribution >= 4 is 15.9 Å². The number of hydrogen-bond donors (Lipinski definition) is 1. The van der Waals surface area contributed by atoms with E-state index >= 15 is 0 Å². The third kappa shape index (κ3) is 3.37. The number of nitrogens with one attached hydrogen (secondary N) is 1. The molecule has 1 heterocycles. The second-order valence-electron chi connectivity index (χ2n) is 6.38. The summed E-state index contributed by atoms with van der Waals surface area (Å²) in [6.45, 7) is 4.53. The largest absolute Gasteiger partial charge is 0.488 e. The van der Waals surface area contributed by atoms with E-state index in [1.807, 2.05) is 0 Å². The zero-order chi connectivity index (χ0) is 13.9. The van der Waals surface area contributed by atoms with Gasteiger partial charge in [-0.1, -0.05) is 42.1 Å². The van der Waals surface area contributed by atoms with Gasteiger partial charge < -0.3 is 10.1 Å². The maximum absolute atomic E-state index is 5.99. The SMILES string of the molecule is CC1CCCCC1CNCC1Cc2cc(Br)ccc2O1. The van der Waals surface area contributed by atoms with E-state index in [0.29, 0.717) is 6.10 Å². The van der Waals surface area contributed by atoms with E-state index in [4.69, 9.17) is 4.74 Å². The predicted molar refractivity (Wildman–Crippen MR) is 86.3 cm³/mol. The zero-order valence-electron chi connectivity index (χ0n) is 12.2. The van der Waals surface area contributed by atoms with Crippen molar-refractivity contribution in [1.29, 1.82) is 0 Å². The highest BCUT2D eigenvalue weighted by Gasteiger charge is 2.24. The molecular weight excluding hydrogens is 314 g/mol. The highest BCUT2D eigenvalue weighted by molar-refractivity contribution is 9.10. The quantitative estimate of drug-likeness (QED) is 0.890. The molecule has 1 fully saturated rings. The highest BCUT2D eigenvalue weighted by atomic mass is 79.9. The van der Waals surface area contributed by atoms with Crippen molar-refractivity contribution in [1.82, 2.24) is 5.32 Å². The van der Waals surface area contributed by atoms with Gasteiger partial charge in [0.25, 0.3) is 0 Å². The van der Waals surface area contributed by atoms with Crippen molar-refractivity contribution in [2.24, 2.45) is 11.8 Å². The molecule has 0 aromatic heterocycles. The summed E-state index contributed by atoms with van der Waals surface area (Å²) in [5.41, 5.74) is 1.33. The van der Waals surface area contributed by atoms with Crippen molar-refractivity contribution in [3.05, 3.63) is 28.2 Å². The van der Waals surface area contributed by atoms with Gasteiger partial charge in [-0.3, -0.25) is 0 Å². The minimum atomic E-state index is 0.304. The third-order valence-corrected chi connectivity index (χ3v) is 5.32. The molecular formula is C17H24BrNO. The molecule has 3 atom stereocenters. The fourth-order valence-corrected chi connectivity index (χ4v) is 3.94. The molecule has 2 aliphatic rings. The molecule has 0 spiro atoms. The van der Waals surface area contributed by atoms with Gasteiger partial charge in [0, 0.05) is 17.4 Å². The highest BCUT2D eigenvalue weighted by Crippen LogP contribution is 2.31. The van der Waals surface area contributed by atoms with Crippen LogP contribution in [0.2, 0.25) is 0 Å². The Kier molecular flexibility index (Phi) is 4.67. The van der Waals surface area contributed by atoms with E-state index in [1.54, 1.807) is 0 Å². The van der Waals surface area contributed by atoms with Crippen molar-refractivity contribution in [2.75, 3.05) is 13.1 Å². The number of fused-ring (bicyclic) bond motifs is 1. The standard InChI is InChI=1S/C17H24BrNO/c1-12-4-2-3-5-13(12)10-19-11-16-9-14-8-15(18)6-7-17(14)20-16/h6-8,12-13,16,19H,2-5,9-11H2,1H3. The average molecular weight is 338 g/mol. The molecule has 2 nitrogen and oxygen atoms in total. The number of rotatable bonds is 4. The minimum absolute atomic E-state index is 0.304. The van der Waals surface area contributed by atoms with Gasteiger partial charge in [-0.15, -0.1) is 0 Å². The number of ether oxygens (including phenoxy) is 1. The monoisotopic (exact) mass is 337 g/mol. The van der Waals surface area contributed by atoms with Gasteiger partial charge >= 0.3 is 0 Å². The van der Waals surface area contributed by atoms with Crippen molar-refractivity contribution in [3.8, 4) is 5.75 Å². The number of halogens is 1. The van der Waals surface area contributed by atoms with Crippen molar-refractivity contribution in [2.45, 2.75) is 45.1 Å². The van der Waals surface area contributed by atoms with E-state index in [2.05, 4.69) is 46.4 Å². The van der Waals surface area contributed by atoms with E-state index in [1.165, 1.54) is 31.2 Å². The molecule has 1 saturated carbocycles. The smallest absolute Gasteiger partial charge is 0.123 e. The van der Waals surface area contributed by atoms with Crippen molar-refractivity contribution in [3.63, 3.8) is 0 Å². The first kappa shape index (κ1) is 14.4. The lowest BCUT2D eigenvalue weighted by Crippen LogP contribution is -2.35. The van der Waals surface area contributed by atoms with Crippen LogP contribution < -0.4 is 10.1 Å². The van der Waals surface area contributed by atoms with Crippen LogP contribution in [-0.4, -0.2) is 19.2 Å². The molecule has 1 N–H and O–H groups in total. The van der Waals surface area contributed by atoms with Crippen LogP contribution in [0.1, 0.15) is 38.2 Å². The molecule has 0 amide bonds. The predicted octanol–water partition coefficient (Wildman–Crippen LogP) is 4.17. The Balaban J connectivity index is 1.44. The Labute approximate surface area is 130 Å². The average Bonchev–Trinajstić information content (AvgIpc) is 2.83. The molecule has 3 unspecified atom stereocenters. The first-order valence-electron chi connectivity index (χ1n) is 7.88. The van der Waals surface area contributed by atoms with E-state index in [0.717, 1.165) is 41.6 Å². The molecule has 20 heavy (non-hydrogen) atoms. The lowest BCUT2D eigenvalue weighted by molar-refractivity contribution is 0.207. The molecule has 0 saturated heterocycles. The second-order valence-corrected chi connectivity index (χ2v) is 7.29. The van der Waals surface area contributed by atoms with Crippen LogP contribution in [0, 0.1) is 11.8 Å². The molecule has 110 valence electrons. The molecule has 1 aromatic carbocycles. The van der Waals surface area contributed by atoms with Crippen LogP contribution in [0.15, 0.2) is 22.7 Å². The normalized spacial score (nSPS) is 29.0. The number of hydrogen-bond acceptors (Lipinski definition) is 2. The summed E-state index contributed by atoms with van der Waals surface area (Å²) in [6.07, 6.45) is 6.97. The van der Waals surface area contributed by atoms with Gasteiger partial charge in [0.1, 0.15) is 11.9 Å². The Hall–Kier alpha value is -0.540. The fraction of sp³-hybridized carbons (Fsp3) is 0.647. The van der Waals surface area contributed by atoms with Gasteiger partial charge in [0.2, 0.25) is 0 Å². The first-order chi connectivity index (χ1) is 9.72. The molecule has 0 bridgehead atoms. The zero-order valence-corrected chi connectivity index (χ0v) is 13.8. The van der Waals surface area contributed by atoms with Crippen LogP contribution in [0.3, 0.4) is 0 Å². The van der Waals surface area contributed by atoms with Crippen LogP contribution in [0.25, 0.3) is 0 Å². The Morgan fingerprint density at radius 2 is 2.10 bits per heavy atom. The summed E-state index contributed by atoms with van der Waals surface area (Å²) >= 11 is 3.52. The van der Waals surface area contributed by atoms with Crippen LogP contribution in [-0.2, 0) is 6.42 Å². The third-order valence-electron chi connectivity index (χ3n) is 4.83. The summed E-state index contributed by atoms with van der Waals surface area (Å²) in [7, 11) is 0. The van der Waals surface area contributed by atoms with Gasteiger partial charge in [0.05, 0.1) is 0 Å². The summed E-state index contributed by atoms with van der Waals surface area (Å²) < 4.78 is 7.14. The summed E-state index contributed by atoms with van der Waals surface area (Å²) in [4.78, 5) is 0. The number of benzene rings is 1. The van der Waals surface area contributed by atoms with Crippen LogP contribution in [0.4, 0.5) is 0 Å². The Morgan fingerprint density at radius 3 is 2.95 bits per heavy atom. The molecule has 3 rings (SSSR count). The van der Waals surface area contributed by atoms with Crippen LogP contribution >= 0.6 is 15.9 Å². The fourth-order valence-electron chi connectivity index (χ4n) is 3.53. The Bertz CT molecular complexity index is 462. The summed E-state index contributed by atoms with van der Waals surface area (Å²) in [5, 5.41) is 3.64. The lowest BCUT2D eigenvalue weighted by Gasteiger charge is -2.29. The second kappa shape index (κ2) is 6.48. The van der Waals surface area contributed by atoms with Crippen LogP contribution in [0.5, 0.6) is 5.75 Å². The summed E-state index contributed by atoms with van der Waals surface area (Å²) in [5.74, 6) is 2.81. The molecule has 1 aromatic rings. The maximum Gasteiger partial charge on any atom is 0.123 e. The topological polar surface area (TPSA) is 21.3 Å². The first-order valence-corrected chi connectivity index (χ1v) is 8.67. The van der Waals surface area contributed by atoms with E-state index < -0.39 is 0 Å². The molecule has 3 heteroatoms. The molecule has 1 aliphatic carbocycles. The van der Waals surface area contributed by atoms with Gasteiger partial charge in [-0.2, -0.15) is 0 Å². The van der Waals surface area contributed by atoms with Gasteiger partial charge in [-0.25, -0.2) is 0 Å². The summed E-state index contributed by atoms with van der Waals surface area (Å²) in [6, 6.07) is 6.31. The van der Waals surface area contributed by atoms with Crippen molar-refractivity contribution < 1.29 is 4.74 Å². The Morgan fingerprint density at radius 1 is 1.25 bits per heavy atom. The molecule has 1 aliphatic heterocycles. The lowest BCUT2D eigenvalue weighted by atomic mass is 9.80. The maximum atomic E-state index is 5.99. The van der Waals surface area contributed by atoms with Gasteiger partial charge in [0.15, 0.2) is 0 Å². The van der Waals surface area contributed by atoms with E-state index in [-0.39, 0.29) is 0 Å². The molecule has 0 radical (unpaired) electrons. The van der Waals surface area contributed by atoms with Gasteiger partial charge in [-0.05, 0) is 48.6 Å². The minimum Gasteiger partial charge on any atom is -0.488 e. The van der Waals surface area contributed by atoms with E-state index in [9.17, 15) is 0 Å².